The lowest BCUT2D eigenvalue weighted by molar-refractivity contribution is 0.628. The summed E-state index contributed by atoms with van der Waals surface area (Å²) in [5.41, 5.74) is 0.696. The molecule has 1 aromatic heterocycles. The molecule has 0 bridgehead atoms. The third kappa shape index (κ3) is 1.44. The van der Waals surface area contributed by atoms with Crippen LogP contribution in [0.4, 0.5) is 4.39 Å². The average Bonchev–Trinajstić information content (AvgIpc) is 2.50. The van der Waals surface area contributed by atoms with Crippen LogP contribution in [0.1, 0.15) is 0 Å². The summed E-state index contributed by atoms with van der Waals surface area (Å²) in [7, 11) is 0. The Labute approximate surface area is 84.9 Å². The molecule has 0 fully saturated rings. The van der Waals surface area contributed by atoms with Crippen LogP contribution in [-0.4, -0.2) is 14.9 Å². The van der Waals surface area contributed by atoms with Gasteiger partial charge in [-0.05, 0) is 24.3 Å². The molecule has 0 saturated heterocycles. The first-order valence-corrected chi connectivity index (χ1v) is 4.28. The number of nitrogens with two attached hydrogens (primary N) is 1. The van der Waals surface area contributed by atoms with E-state index < -0.39 is 0 Å². The molecular weight excluding hydrogens is 203 g/mol. The molecule has 2 rings (SSSR count). The lowest BCUT2D eigenvalue weighted by Crippen LogP contribution is -2.10. The van der Waals surface area contributed by atoms with E-state index in [4.69, 9.17) is 5.84 Å². The molecule has 72 valence electrons. The molecule has 0 spiro atoms. The van der Waals surface area contributed by atoms with Crippen LogP contribution in [0.15, 0.2) is 29.4 Å². The van der Waals surface area contributed by atoms with Crippen molar-refractivity contribution in [2.75, 3.05) is 5.84 Å². The van der Waals surface area contributed by atoms with Crippen molar-refractivity contribution in [3.05, 3.63) is 30.1 Å². The number of benzene rings is 1. The monoisotopic (exact) mass is 210 g/mol. The summed E-state index contributed by atoms with van der Waals surface area (Å²) in [5.74, 6) is 5.75. The first-order chi connectivity index (χ1) is 6.68. The van der Waals surface area contributed by atoms with Crippen molar-refractivity contribution in [1.82, 2.24) is 14.9 Å². The van der Waals surface area contributed by atoms with Crippen LogP contribution in [0.5, 0.6) is 0 Å². The molecule has 0 aliphatic rings. The van der Waals surface area contributed by atoms with Crippen LogP contribution in [-0.2, 0) is 0 Å². The number of nitrogen functional groups attached to an aromatic ring is 1. The van der Waals surface area contributed by atoms with Crippen LogP contribution in [0.25, 0.3) is 11.4 Å². The van der Waals surface area contributed by atoms with Crippen molar-refractivity contribution < 1.29 is 4.39 Å². The summed E-state index contributed by atoms with van der Waals surface area (Å²) in [6.45, 7) is 0. The van der Waals surface area contributed by atoms with Crippen LogP contribution < -0.4 is 5.84 Å². The maximum atomic E-state index is 12.6. The normalized spacial score (nSPS) is 10.4. The molecule has 0 aliphatic heterocycles. The van der Waals surface area contributed by atoms with Gasteiger partial charge in [0.1, 0.15) is 5.82 Å². The van der Waals surface area contributed by atoms with Gasteiger partial charge in [-0.3, -0.25) is 0 Å². The van der Waals surface area contributed by atoms with Gasteiger partial charge < -0.3 is 5.84 Å². The van der Waals surface area contributed by atoms with Crippen molar-refractivity contribution in [1.29, 1.82) is 0 Å². The molecule has 0 aliphatic carbocycles. The molecule has 14 heavy (non-hydrogen) atoms. The predicted octanol–water partition coefficient (Wildman–Crippen LogP) is 1.09. The average molecular weight is 210 g/mol. The van der Waals surface area contributed by atoms with Gasteiger partial charge in [-0.25, -0.2) is 9.07 Å². The van der Waals surface area contributed by atoms with Gasteiger partial charge >= 0.3 is 0 Å². The molecule has 0 atom stereocenters. The number of thiol groups is 1. The molecule has 2 aromatic rings. The summed E-state index contributed by atoms with van der Waals surface area (Å²) in [5, 5.41) is 7.79. The number of halogens is 1. The van der Waals surface area contributed by atoms with Crippen molar-refractivity contribution in [2.45, 2.75) is 5.16 Å². The Hall–Kier alpha value is -1.56. The summed E-state index contributed by atoms with van der Waals surface area (Å²) in [6.07, 6.45) is 0. The Balaban J connectivity index is 2.49. The highest BCUT2D eigenvalue weighted by Gasteiger charge is 2.08. The van der Waals surface area contributed by atoms with E-state index in [1.54, 1.807) is 12.1 Å². The molecule has 1 aromatic carbocycles. The predicted molar refractivity (Wildman–Crippen MR) is 52.8 cm³/mol. The van der Waals surface area contributed by atoms with Crippen molar-refractivity contribution in [3.63, 3.8) is 0 Å². The van der Waals surface area contributed by atoms with Crippen LogP contribution in [0.2, 0.25) is 0 Å². The molecule has 0 saturated carbocycles. The zero-order valence-corrected chi connectivity index (χ0v) is 7.95. The molecule has 2 N–H and O–H groups in total. The van der Waals surface area contributed by atoms with Gasteiger partial charge in [-0.15, -0.1) is 22.8 Å². The van der Waals surface area contributed by atoms with E-state index in [0.717, 1.165) is 0 Å². The minimum absolute atomic E-state index is 0.303. The fourth-order valence-corrected chi connectivity index (χ4v) is 1.22. The van der Waals surface area contributed by atoms with Gasteiger partial charge in [0.25, 0.3) is 0 Å². The first-order valence-electron chi connectivity index (χ1n) is 3.84. The van der Waals surface area contributed by atoms with E-state index in [0.29, 0.717) is 16.5 Å². The molecule has 6 heteroatoms. The zero-order valence-electron chi connectivity index (χ0n) is 7.05. The van der Waals surface area contributed by atoms with Gasteiger partial charge in [-0.1, -0.05) is 0 Å². The van der Waals surface area contributed by atoms with E-state index in [-0.39, 0.29) is 5.82 Å². The number of rotatable bonds is 1. The zero-order chi connectivity index (χ0) is 10.1. The third-order valence-electron chi connectivity index (χ3n) is 1.78. The maximum Gasteiger partial charge on any atom is 0.206 e. The molecular formula is C8H7FN4S. The van der Waals surface area contributed by atoms with Crippen LogP contribution in [0.3, 0.4) is 0 Å². The Morgan fingerprint density at radius 1 is 1.21 bits per heavy atom. The molecule has 0 unspecified atom stereocenters. The van der Waals surface area contributed by atoms with Gasteiger partial charge in [0, 0.05) is 5.56 Å². The topological polar surface area (TPSA) is 56.7 Å². The first kappa shape index (κ1) is 9.01. The second-order valence-electron chi connectivity index (χ2n) is 2.70. The Morgan fingerprint density at radius 2 is 1.86 bits per heavy atom. The second-order valence-corrected chi connectivity index (χ2v) is 3.10. The summed E-state index contributed by atoms with van der Waals surface area (Å²) < 4.78 is 13.9. The van der Waals surface area contributed by atoms with Gasteiger partial charge in [0.15, 0.2) is 5.82 Å². The number of hydrogen-bond acceptors (Lipinski definition) is 4. The molecule has 0 radical (unpaired) electrons. The lowest BCUT2D eigenvalue weighted by Gasteiger charge is -2.00. The van der Waals surface area contributed by atoms with Gasteiger partial charge in [-0.2, -0.15) is 0 Å². The molecule has 4 nitrogen and oxygen atoms in total. The van der Waals surface area contributed by atoms with Gasteiger partial charge in [0.2, 0.25) is 5.16 Å². The van der Waals surface area contributed by atoms with E-state index in [1.807, 2.05) is 0 Å². The minimum Gasteiger partial charge on any atom is -0.335 e. The van der Waals surface area contributed by atoms with E-state index in [2.05, 4.69) is 22.8 Å². The quantitative estimate of drug-likeness (QED) is 0.547. The Morgan fingerprint density at radius 3 is 2.36 bits per heavy atom. The number of hydrogen-bond donors (Lipinski definition) is 2. The highest BCUT2D eigenvalue weighted by molar-refractivity contribution is 7.80. The third-order valence-corrected chi connectivity index (χ3v) is 2.09. The highest BCUT2D eigenvalue weighted by Crippen LogP contribution is 2.17. The largest absolute Gasteiger partial charge is 0.335 e. The lowest BCUT2D eigenvalue weighted by atomic mass is 10.2. The fourth-order valence-electron chi connectivity index (χ4n) is 1.08. The summed E-state index contributed by atoms with van der Waals surface area (Å²) in [6, 6.07) is 5.83. The Kier molecular flexibility index (Phi) is 2.12. The minimum atomic E-state index is -0.303. The number of aromatic nitrogens is 3. The maximum absolute atomic E-state index is 12.6. The second kappa shape index (κ2) is 3.30. The summed E-state index contributed by atoms with van der Waals surface area (Å²) >= 11 is 3.98. The van der Waals surface area contributed by atoms with E-state index in [9.17, 15) is 4.39 Å². The highest BCUT2D eigenvalue weighted by atomic mass is 32.1. The SMILES string of the molecule is Nn1c(S)nnc1-c1ccc(F)cc1. The molecule has 1 heterocycles. The van der Waals surface area contributed by atoms with Crippen molar-refractivity contribution >= 4 is 12.6 Å². The smallest absolute Gasteiger partial charge is 0.206 e. The van der Waals surface area contributed by atoms with Crippen molar-refractivity contribution in [3.8, 4) is 11.4 Å². The van der Waals surface area contributed by atoms with Crippen LogP contribution >= 0.6 is 12.6 Å². The van der Waals surface area contributed by atoms with Crippen LogP contribution in [0, 0.1) is 5.82 Å². The van der Waals surface area contributed by atoms with Gasteiger partial charge in [0.05, 0.1) is 0 Å². The summed E-state index contributed by atoms with van der Waals surface area (Å²) in [4.78, 5) is 0. The fraction of sp³-hybridized carbons (Fsp3) is 0. The molecule has 0 amide bonds. The Bertz CT molecular complexity index is 451. The standard InChI is InChI=1S/C8H7FN4S/c9-6-3-1-5(2-4-6)7-11-12-8(14)13(7)10/h1-4H,10H2,(H,12,14). The van der Waals surface area contributed by atoms with E-state index in [1.165, 1.54) is 16.8 Å². The number of nitrogens with zero attached hydrogens (tertiary/aromatic N) is 3. The van der Waals surface area contributed by atoms with Crippen molar-refractivity contribution in [2.24, 2.45) is 0 Å². The van der Waals surface area contributed by atoms with E-state index >= 15 is 0 Å².